The van der Waals surface area contributed by atoms with Crippen molar-refractivity contribution in [3.05, 3.63) is 53.6 Å². The maximum atomic E-state index is 5.58. The van der Waals surface area contributed by atoms with Crippen molar-refractivity contribution in [2.75, 3.05) is 11.9 Å². The van der Waals surface area contributed by atoms with E-state index in [1.165, 1.54) is 16.8 Å². The predicted octanol–water partition coefficient (Wildman–Crippen LogP) is 4.84. The van der Waals surface area contributed by atoms with E-state index in [1.54, 1.807) is 0 Å². The highest BCUT2D eigenvalue weighted by molar-refractivity contribution is 5.66. The molecule has 0 aliphatic carbocycles. The third kappa shape index (κ3) is 3.50. The van der Waals surface area contributed by atoms with E-state index in [1.807, 2.05) is 12.1 Å². The molecular formula is C17H21NO. The van der Waals surface area contributed by atoms with Gasteiger partial charge in [0.05, 0.1) is 6.61 Å². The Bertz CT molecular complexity index is 511. The number of hydrogen-bond acceptors (Lipinski definition) is 2. The minimum Gasteiger partial charge on any atom is -0.494 e. The van der Waals surface area contributed by atoms with Crippen LogP contribution >= 0.6 is 0 Å². The van der Waals surface area contributed by atoms with Gasteiger partial charge in [-0.25, -0.2) is 0 Å². The molecule has 0 aliphatic rings. The van der Waals surface area contributed by atoms with Crippen molar-refractivity contribution in [1.29, 1.82) is 0 Å². The minimum atomic E-state index is 0.768. The van der Waals surface area contributed by atoms with E-state index in [4.69, 9.17) is 4.74 Å². The van der Waals surface area contributed by atoms with Crippen molar-refractivity contribution < 1.29 is 4.74 Å². The maximum Gasteiger partial charge on any atom is 0.119 e. The molecule has 0 fully saturated rings. The molecule has 0 aromatic heterocycles. The summed E-state index contributed by atoms with van der Waals surface area (Å²) in [4.78, 5) is 0. The summed E-state index contributed by atoms with van der Waals surface area (Å²) < 4.78 is 5.58. The molecule has 0 unspecified atom stereocenters. The average molecular weight is 255 g/mol. The fourth-order valence-electron chi connectivity index (χ4n) is 2.01. The van der Waals surface area contributed by atoms with Crippen LogP contribution < -0.4 is 10.1 Å². The molecule has 0 spiro atoms. The monoisotopic (exact) mass is 255 g/mol. The zero-order chi connectivity index (χ0) is 13.7. The van der Waals surface area contributed by atoms with E-state index in [2.05, 4.69) is 56.4 Å². The predicted molar refractivity (Wildman–Crippen MR) is 81.4 cm³/mol. The van der Waals surface area contributed by atoms with Gasteiger partial charge in [0, 0.05) is 11.4 Å². The standard InChI is InChI=1S/C17H21NO/c1-4-12-19-16-10-8-15(9-11-16)18-17-13(2)6-5-7-14(17)3/h5-11,18H,4,12H2,1-3H3. The molecule has 100 valence electrons. The first-order valence-electron chi connectivity index (χ1n) is 6.77. The molecule has 2 nitrogen and oxygen atoms in total. The molecule has 19 heavy (non-hydrogen) atoms. The van der Waals surface area contributed by atoms with Crippen LogP contribution in [0.2, 0.25) is 0 Å². The number of para-hydroxylation sites is 1. The molecule has 0 saturated carbocycles. The van der Waals surface area contributed by atoms with Crippen molar-refractivity contribution in [3.63, 3.8) is 0 Å². The third-order valence-corrected chi connectivity index (χ3v) is 3.08. The second kappa shape index (κ2) is 6.28. The summed E-state index contributed by atoms with van der Waals surface area (Å²) in [6, 6.07) is 14.4. The van der Waals surface area contributed by atoms with Gasteiger partial charge in [0.2, 0.25) is 0 Å². The van der Waals surface area contributed by atoms with Gasteiger partial charge < -0.3 is 10.1 Å². The summed E-state index contributed by atoms with van der Waals surface area (Å²) in [7, 11) is 0. The summed E-state index contributed by atoms with van der Waals surface area (Å²) in [6.07, 6.45) is 1.03. The van der Waals surface area contributed by atoms with Crippen LogP contribution in [0.4, 0.5) is 11.4 Å². The SMILES string of the molecule is CCCOc1ccc(Nc2c(C)cccc2C)cc1. The Morgan fingerprint density at radius 1 is 0.947 bits per heavy atom. The van der Waals surface area contributed by atoms with Crippen molar-refractivity contribution in [3.8, 4) is 5.75 Å². The molecule has 0 aliphatic heterocycles. The fraction of sp³-hybridized carbons (Fsp3) is 0.294. The van der Waals surface area contributed by atoms with Gasteiger partial charge in [0.25, 0.3) is 0 Å². The number of benzene rings is 2. The van der Waals surface area contributed by atoms with Gasteiger partial charge in [0.1, 0.15) is 5.75 Å². The van der Waals surface area contributed by atoms with Crippen molar-refractivity contribution in [1.82, 2.24) is 0 Å². The number of ether oxygens (including phenoxy) is 1. The Morgan fingerprint density at radius 2 is 1.58 bits per heavy atom. The molecule has 0 amide bonds. The maximum absolute atomic E-state index is 5.58. The Morgan fingerprint density at radius 3 is 2.16 bits per heavy atom. The van der Waals surface area contributed by atoms with E-state index in [-0.39, 0.29) is 0 Å². The van der Waals surface area contributed by atoms with Crippen molar-refractivity contribution in [2.24, 2.45) is 0 Å². The molecule has 0 radical (unpaired) electrons. The molecule has 2 aromatic carbocycles. The molecule has 0 atom stereocenters. The van der Waals surface area contributed by atoms with Gasteiger partial charge in [-0.2, -0.15) is 0 Å². The zero-order valence-corrected chi connectivity index (χ0v) is 11.9. The number of rotatable bonds is 5. The molecule has 2 rings (SSSR count). The summed E-state index contributed by atoms with van der Waals surface area (Å²) >= 11 is 0. The lowest BCUT2D eigenvalue weighted by atomic mass is 10.1. The molecule has 0 heterocycles. The third-order valence-electron chi connectivity index (χ3n) is 3.08. The first-order valence-corrected chi connectivity index (χ1v) is 6.77. The van der Waals surface area contributed by atoms with Crippen LogP contribution in [0.25, 0.3) is 0 Å². The van der Waals surface area contributed by atoms with Gasteiger partial charge in [-0.3, -0.25) is 0 Å². The summed E-state index contributed by atoms with van der Waals surface area (Å²) in [5.74, 6) is 0.925. The van der Waals surface area contributed by atoms with Crippen molar-refractivity contribution in [2.45, 2.75) is 27.2 Å². The molecule has 2 heteroatoms. The molecule has 0 saturated heterocycles. The average Bonchev–Trinajstić information content (AvgIpc) is 2.42. The van der Waals surface area contributed by atoms with Gasteiger partial charge in [-0.15, -0.1) is 0 Å². The van der Waals surface area contributed by atoms with Crippen LogP contribution in [0.15, 0.2) is 42.5 Å². The Hall–Kier alpha value is -1.96. The topological polar surface area (TPSA) is 21.3 Å². The highest BCUT2D eigenvalue weighted by Gasteiger charge is 2.02. The summed E-state index contributed by atoms with van der Waals surface area (Å²) in [5.41, 5.74) is 4.78. The quantitative estimate of drug-likeness (QED) is 0.825. The van der Waals surface area contributed by atoms with E-state index >= 15 is 0 Å². The highest BCUT2D eigenvalue weighted by atomic mass is 16.5. The zero-order valence-electron chi connectivity index (χ0n) is 11.9. The number of nitrogens with one attached hydrogen (secondary N) is 1. The van der Waals surface area contributed by atoms with E-state index in [0.29, 0.717) is 0 Å². The van der Waals surface area contributed by atoms with Crippen LogP contribution in [0, 0.1) is 13.8 Å². The van der Waals surface area contributed by atoms with Gasteiger partial charge in [-0.1, -0.05) is 25.1 Å². The smallest absolute Gasteiger partial charge is 0.119 e. The molecular weight excluding hydrogens is 234 g/mol. The summed E-state index contributed by atoms with van der Waals surface area (Å²) in [5, 5.41) is 3.47. The number of aryl methyl sites for hydroxylation is 2. The molecule has 0 bridgehead atoms. The minimum absolute atomic E-state index is 0.768. The lowest BCUT2D eigenvalue weighted by Crippen LogP contribution is -1.97. The first-order chi connectivity index (χ1) is 9.20. The Balaban J connectivity index is 2.11. The van der Waals surface area contributed by atoms with Gasteiger partial charge in [0.15, 0.2) is 0 Å². The second-order valence-electron chi connectivity index (χ2n) is 4.76. The van der Waals surface area contributed by atoms with Crippen LogP contribution in [-0.4, -0.2) is 6.61 Å². The van der Waals surface area contributed by atoms with E-state index < -0.39 is 0 Å². The van der Waals surface area contributed by atoms with Crippen LogP contribution in [0.1, 0.15) is 24.5 Å². The second-order valence-corrected chi connectivity index (χ2v) is 4.76. The van der Waals surface area contributed by atoms with Gasteiger partial charge in [-0.05, 0) is 55.7 Å². The van der Waals surface area contributed by atoms with Gasteiger partial charge >= 0.3 is 0 Å². The largest absolute Gasteiger partial charge is 0.494 e. The number of anilines is 2. The van der Waals surface area contributed by atoms with Crippen LogP contribution in [0.3, 0.4) is 0 Å². The van der Waals surface area contributed by atoms with Crippen molar-refractivity contribution >= 4 is 11.4 Å². The highest BCUT2D eigenvalue weighted by Crippen LogP contribution is 2.25. The summed E-state index contributed by atoms with van der Waals surface area (Å²) in [6.45, 7) is 7.11. The fourth-order valence-corrected chi connectivity index (χ4v) is 2.01. The normalized spacial score (nSPS) is 10.3. The number of hydrogen-bond donors (Lipinski definition) is 1. The Labute approximate surface area is 115 Å². The first kappa shape index (κ1) is 13.5. The van der Waals surface area contributed by atoms with E-state index in [0.717, 1.165) is 24.5 Å². The van der Waals surface area contributed by atoms with E-state index in [9.17, 15) is 0 Å². The lowest BCUT2D eigenvalue weighted by Gasteiger charge is -2.13. The van der Waals surface area contributed by atoms with Crippen LogP contribution in [0.5, 0.6) is 5.75 Å². The molecule has 1 N–H and O–H groups in total. The molecule has 2 aromatic rings. The van der Waals surface area contributed by atoms with Crippen LogP contribution in [-0.2, 0) is 0 Å². The lowest BCUT2D eigenvalue weighted by molar-refractivity contribution is 0.317. The Kier molecular flexibility index (Phi) is 4.45.